The van der Waals surface area contributed by atoms with Gasteiger partial charge in [0.05, 0.1) is 0 Å². The monoisotopic (exact) mass is 239 g/mol. The second-order valence-corrected chi connectivity index (χ2v) is 4.83. The number of aryl methyl sites for hydroxylation is 1. The molecule has 1 aromatic carbocycles. The Hall–Kier alpha value is -0.960. The van der Waals surface area contributed by atoms with Crippen LogP contribution in [0, 0.1) is 11.6 Å². The molecule has 1 saturated heterocycles. The van der Waals surface area contributed by atoms with Crippen LogP contribution in [0.3, 0.4) is 0 Å². The van der Waals surface area contributed by atoms with Gasteiger partial charge in [0.2, 0.25) is 0 Å². The van der Waals surface area contributed by atoms with Gasteiger partial charge in [0.1, 0.15) is 0 Å². The van der Waals surface area contributed by atoms with E-state index < -0.39 is 11.6 Å². The number of halogens is 2. The SMILES string of the molecule is C1CCNC1.C[C@H]1CCc2ccc(F)c(F)c21. The van der Waals surface area contributed by atoms with E-state index >= 15 is 0 Å². The highest BCUT2D eigenvalue weighted by Crippen LogP contribution is 2.35. The first-order valence-electron chi connectivity index (χ1n) is 6.37. The highest BCUT2D eigenvalue weighted by atomic mass is 19.2. The molecule has 0 amide bonds. The fourth-order valence-electron chi connectivity index (χ4n) is 2.50. The summed E-state index contributed by atoms with van der Waals surface area (Å²) in [4.78, 5) is 0. The van der Waals surface area contributed by atoms with Crippen LogP contribution in [-0.4, -0.2) is 13.1 Å². The van der Waals surface area contributed by atoms with E-state index in [0.717, 1.165) is 18.4 Å². The Morgan fingerprint density at radius 1 is 1.18 bits per heavy atom. The molecule has 0 unspecified atom stereocenters. The number of nitrogens with one attached hydrogen (secondary N) is 1. The van der Waals surface area contributed by atoms with Gasteiger partial charge in [-0.2, -0.15) is 0 Å². The Kier molecular flexibility index (Phi) is 4.11. The minimum Gasteiger partial charge on any atom is -0.317 e. The molecule has 1 aliphatic carbocycles. The van der Waals surface area contributed by atoms with Crippen LogP contribution in [0.5, 0.6) is 0 Å². The van der Waals surface area contributed by atoms with E-state index in [2.05, 4.69) is 5.32 Å². The topological polar surface area (TPSA) is 12.0 Å². The van der Waals surface area contributed by atoms with Gasteiger partial charge in [-0.3, -0.25) is 0 Å². The van der Waals surface area contributed by atoms with Crippen molar-refractivity contribution in [1.29, 1.82) is 0 Å². The summed E-state index contributed by atoms with van der Waals surface area (Å²) in [7, 11) is 0. The highest BCUT2D eigenvalue weighted by Gasteiger charge is 2.23. The summed E-state index contributed by atoms with van der Waals surface area (Å²) in [6, 6.07) is 2.91. The molecule has 1 aromatic rings. The van der Waals surface area contributed by atoms with Gasteiger partial charge in [0.25, 0.3) is 0 Å². The lowest BCUT2D eigenvalue weighted by molar-refractivity contribution is 0.494. The zero-order chi connectivity index (χ0) is 12.3. The molecule has 1 nitrogen and oxygen atoms in total. The third kappa shape index (κ3) is 2.83. The second-order valence-electron chi connectivity index (χ2n) is 4.83. The maximum Gasteiger partial charge on any atom is 0.162 e. The van der Waals surface area contributed by atoms with E-state index in [4.69, 9.17) is 0 Å². The smallest absolute Gasteiger partial charge is 0.162 e. The van der Waals surface area contributed by atoms with E-state index in [1.54, 1.807) is 6.07 Å². The lowest BCUT2D eigenvalue weighted by Gasteiger charge is -2.05. The maximum atomic E-state index is 13.2. The fourth-order valence-corrected chi connectivity index (χ4v) is 2.50. The zero-order valence-electron chi connectivity index (χ0n) is 10.2. The average molecular weight is 239 g/mol. The lowest BCUT2D eigenvalue weighted by atomic mass is 10.0. The Balaban J connectivity index is 0.000000181. The molecule has 17 heavy (non-hydrogen) atoms. The van der Waals surface area contributed by atoms with Crippen molar-refractivity contribution in [3.05, 3.63) is 34.9 Å². The first kappa shape index (κ1) is 12.5. The fraction of sp³-hybridized carbons (Fsp3) is 0.571. The van der Waals surface area contributed by atoms with Crippen LogP contribution in [0.15, 0.2) is 12.1 Å². The summed E-state index contributed by atoms with van der Waals surface area (Å²) in [6.07, 6.45) is 4.60. The Bertz CT molecular complexity index is 378. The van der Waals surface area contributed by atoms with Crippen LogP contribution in [-0.2, 0) is 6.42 Å². The largest absolute Gasteiger partial charge is 0.317 e. The highest BCUT2D eigenvalue weighted by molar-refractivity contribution is 5.36. The van der Waals surface area contributed by atoms with E-state index in [1.165, 1.54) is 32.0 Å². The lowest BCUT2D eigenvalue weighted by Crippen LogP contribution is -2.03. The van der Waals surface area contributed by atoms with Gasteiger partial charge in [0.15, 0.2) is 11.6 Å². The van der Waals surface area contributed by atoms with Crippen molar-refractivity contribution in [3.63, 3.8) is 0 Å². The summed E-state index contributed by atoms with van der Waals surface area (Å²) in [6.45, 7) is 4.44. The minimum absolute atomic E-state index is 0.177. The number of rotatable bonds is 0. The summed E-state index contributed by atoms with van der Waals surface area (Å²) in [5.41, 5.74) is 1.57. The first-order chi connectivity index (χ1) is 8.20. The first-order valence-corrected chi connectivity index (χ1v) is 6.37. The van der Waals surface area contributed by atoms with Crippen LogP contribution < -0.4 is 5.32 Å². The van der Waals surface area contributed by atoms with E-state index in [9.17, 15) is 8.78 Å². The van der Waals surface area contributed by atoms with Crippen molar-refractivity contribution in [3.8, 4) is 0 Å². The summed E-state index contributed by atoms with van der Waals surface area (Å²) in [5.74, 6) is -1.18. The van der Waals surface area contributed by atoms with Gasteiger partial charge in [-0.25, -0.2) is 8.78 Å². The summed E-state index contributed by atoms with van der Waals surface area (Å²) >= 11 is 0. The molecule has 0 aromatic heterocycles. The van der Waals surface area contributed by atoms with Crippen molar-refractivity contribution < 1.29 is 8.78 Å². The Labute approximate surface area is 101 Å². The molecule has 1 atom stereocenters. The second kappa shape index (κ2) is 5.58. The molecular formula is C14H19F2N. The molecule has 1 fully saturated rings. The summed E-state index contributed by atoms with van der Waals surface area (Å²) in [5, 5.41) is 3.22. The molecule has 0 bridgehead atoms. The molecule has 3 heteroatoms. The average Bonchev–Trinajstić information content (AvgIpc) is 2.97. The quantitative estimate of drug-likeness (QED) is 0.731. The third-order valence-corrected chi connectivity index (χ3v) is 3.52. The normalized spacial score (nSPS) is 21.9. The molecule has 1 heterocycles. The molecule has 0 saturated carbocycles. The third-order valence-electron chi connectivity index (χ3n) is 3.52. The van der Waals surface area contributed by atoms with Crippen molar-refractivity contribution >= 4 is 0 Å². The number of fused-ring (bicyclic) bond motifs is 1. The molecule has 94 valence electrons. The van der Waals surface area contributed by atoms with Crippen LogP contribution >= 0.6 is 0 Å². The molecule has 2 aliphatic rings. The van der Waals surface area contributed by atoms with Crippen LogP contribution in [0.2, 0.25) is 0 Å². The van der Waals surface area contributed by atoms with Gasteiger partial charge in [-0.15, -0.1) is 0 Å². The predicted octanol–water partition coefficient (Wildman–Crippen LogP) is 3.38. The molecule has 1 N–H and O–H groups in total. The number of hydrogen-bond donors (Lipinski definition) is 1. The molecular weight excluding hydrogens is 220 g/mol. The van der Waals surface area contributed by atoms with Gasteiger partial charge in [-0.05, 0) is 61.9 Å². The van der Waals surface area contributed by atoms with Gasteiger partial charge in [-0.1, -0.05) is 13.0 Å². The maximum absolute atomic E-state index is 13.2. The van der Waals surface area contributed by atoms with Gasteiger partial charge in [0, 0.05) is 0 Å². The molecule has 0 radical (unpaired) electrons. The van der Waals surface area contributed by atoms with Crippen LogP contribution in [0.4, 0.5) is 8.78 Å². The summed E-state index contributed by atoms with van der Waals surface area (Å²) < 4.78 is 26.0. The minimum atomic E-state index is -0.720. The van der Waals surface area contributed by atoms with Gasteiger partial charge < -0.3 is 5.32 Å². The Morgan fingerprint density at radius 2 is 1.88 bits per heavy atom. The van der Waals surface area contributed by atoms with Crippen LogP contribution in [0.25, 0.3) is 0 Å². The van der Waals surface area contributed by atoms with E-state index in [0.29, 0.717) is 5.56 Å². The predicted molar refractivity (Wildman–Crippen MR) is 65.2 cm³/mol. The van der Waals surface area contributed by atoms with Crippen molar-refractivity contribution in [1.82, 2.24) is 5.32 Å². The van der Waals surface area contributed by atoms with Gasteiger partial charge >= 0.3 is 0 Å². The van der Waals surface area contributed by atoms with Crippen molar-refractivity contribution in [2.24, 2.45) is 0 Å². The molecule has 3 rings (SSSR count). The van der Waals surface area contributed by atoms with E-state index in [1.807, 2.05) is 6.92 Å². The van der Waals surface area contributed by atoms with E-state index in [-0.39, 0.29) is 5.92 Å². The van der Waals surface area contributed by atoms with Crippen molar-refractivity contribution in [2.75, 3.05) is 13.1 Å². The Morgan fingerprint density at radius 3 is 2.47 bits per heavy atom. The zero-order valence-corrected chi connectivity index (χ0v) is 10.2. The number of benzene rings is 1. The standard InChI is InChI=1S/C10H10F2.C4H9N/c1-6-2-3-7-4-5-8(11)10(12)9(6)7;1-2-4-5-3-1/h4-6H,2-3H2,1H3;5H,1-4H2/t6-;/m0./s1. The molecule has 1 aliphatic heterocycles. The van der Waals surface area contributed by atoms with Crippen LogP contribution in [0.1, 0.15) is 43.2 Å². The number of hydrogen-bond acceptors (Lipinski definition) is 1. The molecule has 0 spiro atoms. The van der Waals surface area contributed by atoms with Crippen molar-refractivity contribution in [2.45, 2.75) is 38.5 Å².